The van der Waals surface area contributed by atoms with Crippen LogP contribution in [0, 0.1) is 5.82 Å². The van der Waals surface area contributed by atoms with Crippen LogP contribution in [0.15, 0.2) is 18.2 Å². The molecule has 1 aromatic rings. The van der Waals surface area contributed by atoms with Crippen molar-refractivity contribution in [3.8, 4) is 5.75 Å². The van der Waals surface area contributed by atoms with E-state index in [1.54, 1.807) is 6.07 Å². The Bertz CT molecular complexity index is 388. The number of ether oxygens (including phenoxy) is 1. The summed E-state index contributed by atoms with van der Waals surface area (Å²) in [5, 5.41) is 3.34. The molecule has 0 unspecified atom stereocenters. The fourth-order valence-electron chi connectivity index (χ4n) is 2.60. The van der Waals surface area contributed by atoms with E-state index < -0.39 is 0 Å². The van der Waals surface area contributed by atoms with Crippen molar-refractivity contribution in [2.75, 3.05) is 19.7 Å². The van der Waals surface area contributed by atoms with E-state index in [0.717, 1.165) is 44.3 Å². The molecule has 0 bridgehead atoms. The first-order chi connectivity index (χ1) is 9.29. The van der Waals surface area contributed by atoms with Crippen LogP contribution in [0.25, 0.3) is 0 Å². The Morgan fingerprint density at radius 2 is 2.00 bits per heavy atom. The van der Waals surface area contributed by atoms with Gasteiger partial charge in [0, 0.05) is 6.07 Å². The second-order valence-corrected chi connectivity index (χ2v) is 5.30. The third-order valence-electron chi connectivity index (χ3n) is 3.72. The largest absolute Gasteiger partial charge is 0.493 e. The van der Waals surface area contributed by atoms with E-state index in [9.17, 15) is 4.39 Å². The zero-order valence-corrected chi connectivity index (χ0v) is 11.8. The fraction of sp³-hybridized carbons (Fsp3) is 0.625. The van der Waals surface area contributed by atoms with E-state index in [-0.39, 0.29) is 5.82 Å². The minimum absolute atomic E-state index is 0.179. The molecule has 1 aliphatic heterocycles. The maximum Gasteiger partial charge on any atom is 0.127 e. The van der Waals surface area contributed by atoms with Gasteiger partial charge in [0.15, 0.2) is 0 Å². The Hall–Kier alpha value is -1.09. The van der Waals surface area contributed by atoms with Crippen molar-refractivity contribution in [3.63, 3.8) is 0 Å². The lowest BCUT2D eigenvalue weighted by Gasteiger charge is -2.23. The van der Waals surface area contributed by atoms with Gasteiger partial charge in [-0.25, -0.2) is 4.39 Å². The number of piperidine rings is 1. The van der Waals surface area contributed by atoms with Crippen LogP contribution in [0.1, 0.15) is 50.5 Å². The van der Waals surface area contributed by atoms with Gasteiger partial charge >= 0.3 is 0 Å². The number of rotatable bonds is 6. The second-order valence-electron chi connectivity index (χ2n) is 5.30. The summed E-state index contributed by atoms with van der Waals surface area (Å²) in [4.78, 5) is 0. The fourth-order valence-corrected chi connectivity index (χ4v) is 2.60. The van der Waals surface area contributed by atoms with E-state index in [0.29, 0.717) is 18.3 Å². The predicted molar refractivity (Wildman–Crippen MR) is 76.3 cm³/mol. The smallest absolute Gasteiger partial charge is 0.127 e. The van der Waals surface area contributed by atoms with Gasteiger partial charge in [-0.05, 0) is 56.0 Å². The number of halogens is 1. The number of unbranched alkanes of at least 4 members (excludes halogenated alkanes) is 2. The summed E-state index contributed by atoms with van der Waals surface area (Å²) >= 11 is 0. The predicted octanol–water partition coefficient (Wildman–Crippen LogP) is 3.86. The van der Waals surface area contributed by atoms with E-state index in [1.165, 1.54) is 12.5 Å². The van der Waals surface area contributed by atoms with Crippen LogP contribution < -0.4 is 10.1 Å². The lowest BCUT2D eigenvalue weighted by atomic mass is 9.90. The molecule has 1 aromatic carbocycles. The molecule has 0 amide bonds. The van der Waals surface area contributed by atoms with Gasteiger partial charge in [0.1, 0.15) is 11.6 Å². The number of hydrogen-bond acceptors (Lipinski definition) is 2. The number of hydrogen-bond donors (Lipinski definition) is 1. The molecule has 1 N–H and O–H groups in total. The first-order valence-corrected chi connectivity index (χ1v) is 7.43. The highest BCUT2D eigenvalue weighted by atomic mass is 19.1. The molecule has 2 rings (SSSR count). The number of benzene rings is 1. The molecule has 1 aliphatic rings. The van der Waals surface area contributed by atoms with Gasteiger partial charge < -0.3 is 10.1 Å². The topological polar surface area (TPSA) is 21.3 Å². The summed E-state index contributed by atoms with van der Waals surface area (Å²) in [6, 6.07) is 5.18. The summed E-state index contributed by atoms with van der Waals surface area (Å²) in [6.07, 6.45) is 5.54. The third-order valence-corrected chi connectivity index (χ3v) is 3.72. The molecule has 106 valence electrons. The molecule has 1 saturated heterocycles. The van der Waals surface area contributed by atoms with Gasteiger partial charge in [0.2, 0.25) is 0 Å². The average molecular weight is 265 g/mol. The number of nitrogens with one attached hydrogen (secondary N) is 1. The molecule has 0 spiro atoms. The molecule has 0 aliphatic carbocycles. The molecule has 1 fully saturated rings. The van der Waals surface area contributed by atoms with Gasteiger partial charge in [-0.1, -0.05) is 19.8 Å². The summed E-state index contributed by atoms with van der Waals surface area (Å²) in [7, 11) is 0. The van der Waals surface area contributed by atoms with E-state index in [2.05, 4.69) is 12.2 Å². The van der Waals surface area contributed by atoms with Crippen LogP contribution in [-0.2, 0) is 0 Å². The van der Waals surface area contributed by atoms with Crippen molar-refractivity contribution in [3.05, 3.63) is 29.6 Å². The van der Waals surface area contributed by atoms with Crippen molar-refractivity contribution in [2.24, 2.45) is 0 Å². The van der Waals surface area contributed by atoms with E-state index in [1.807, 2.05) is 6.07 Å². The molecule has 2 nitrogen and oxygen atoms in total. The molecule has 19 heavy (non-hydrogen) atoms. The van der Waals surface area contributed by atoms with E-state index >= 15 is 0 Å². The van der Waals surface area contributed by atoms with Gasteiger partial charge in [-0.3, -0.25) is 0 Å². The molecule has 3 heteroatoms. The SMILES string of the molecule is CCCCCOc1cc(F)cc(C2CCNCC2)c1. The Morgan fingerprint density at radius 3 is 2.74 bits per heavy atom. The van der Waals surface area contributed by atoms with Crippen LogP contribution in [0.2, 0.25) is 0 Å². The summed E-state index contributed by atoms with van der Waals surface area (Å²) in [5.41, 5.74) is 1.09. The van der Waals surface area contributed by atoms with E-state index in [4.69, 9.17) is 4.74 Å². The molecule has 0 radical (unpaired) electrons. The highest BCUT2D eigenvalue weighted by Crippen LogP contribution is 2.29. The standard InChI is InChI=1S/C16H24FNO/c1-2-3-4-9-19-16-11-14(10-15(17)12-16)13-5-7-18-8-6-13/h10-13,18H,2-9H2,1H3. The lowest BCUT2D eigenvalue weighted by Crippen LogP contribution is -2.26. The molecule has 0 aromatic heterocycles. The van der Waals surface area contributed by atoms with Crippen LogP contribution in [0.3, 0.4) is 0 Å². The van der Waals surface area contributed by atoms with Crippen molar-refractivity contribution < 1.29 is 9.13 Å². The van der Waals surface area contributed by atoms with Gasteiger partial charge in [-0.2, -0.15) is 0 Å². The van der Waals surface area contributed by atoms with Crippen molar-refractivity contribution in [2.45, 2.75) is 44.9 Å². The quantitative estimate of drug-likeness (QED) is 0.789. The highest BCUT2D eigenvalue weighted by molar-refractivity contribution is 5.32. The zero-order valence-electron chi connectivity index (χ0n) is 11.8. The molecule has 0 atom stereocenters. The maximum absolute atomic E-state index is 13.7. The Kier molecular flexibility index (Phi) is 5.64. The minimum Gasteiger partial charge on any atom is -0.493 e. The zero-order chi connectivity index (χ0) is 13.5. The summed E-state index contributed by atoms with van der Waals surface area (Å²) in [6.45, 7) is 4.89. The maximum atomic E-state index is 13.7. The average Bonchev–Trinajstić information content (AvgIpc) is 2.44. The molecular weight excluding hydrogens is 241 g/mol. The van der Waals surface area contributed by atoms with Crippen molar-refractivity contribution in [1.29, 1.82) is 0 Å². The summed E-state index contributed by atoms with van der Waals surface area (Å²) in [5.74, 6) is 0.973. The van der Waals surface area contributed by atoms with Crippen LogP contribution in [-0.4, -0.2) is 19.7 Å². The van der Waals surface area contributed by atoms with Gasteiger partial charge in [0.05, 0.1) is 6.61 Å². The third kappa shape index (κ3) is 4.50. The van der Waals surface area contributed by atoms with Gasteiger partial charge in [-0.15, -0.1) is 0 Å². The molecular formula is C16H24FNO. The van der Waals surface area contributed by atoms with Crippen LogP contribution >= 0.6 is 0 Å². The van der Waals surface area contributed by atoms with Gasteiger partial charge in [0.25, 0.3) is 0 Å². The second kappa shape index (κ2) is 7.49. The molecule has 0 saturated carbocycles. The first kappa shape index (κ1) is 14.3. The lowest BCUT2D eigenvalue weighted by molar-refractivity contribution is 0.304. The minimum atomic E-state index is -0.179. The monoisotopic (exact) mass is 265 g/mol. The van der Waals surface area contributed by atoms with Crippen molar-refractivity contribution >= 4 is 0 Å². The normalized spacial score (nSPS) is 16.5. The Morgan fingerprint density at radius 1 is 1.21 bits per heavy atom. The van der Waals surface area contributed by atoms with Crippen LogP contribution in [0.5, 0.6) is 5.75 Å². The van der Waals surface area contributed by atoms with Crippen LogP contribution in [0.4, 0.5) is 4.39 Å². The highest BCUT2D eigenvalue weighted by Gasteiger charge is 2.16. The molecule has 1 heterocycles. The summed E-state index contributed by atoms with van der Waals surface area (Å²) < 4.78 is 19.3. The Balaban J connectivity index is 1.97. The Labute approximate surface area is 115 Å². The van der Waals surface area contributed by atoms with Crippen molar-refractivity contribution in [1.82, 2.24) is 5.32 Å². The first-order valence-electron chi connectivity index (χ1n) is 7.43.